The highest BCUT2D eigenvalue weighted by molar-refractivity contribution is 5.75. The lowest BCUT2D eigenvalue weighted by Crippen LogP contribution is -2.47. The van der Waals surface area contributed by atoms with E-state index in [1.165, 1.54) is 0 Å². The molecule has 6 nitrogen and oxygen atoms in total. The molecular formula is C15H23N3O3. The van der Waals surface area contributed by atoms with Crippen LogP contribution in [-0.2, 0) is 11.3 Å². The summed E-state index contributed by atoms with van der Waals surface area (Å²) < 4.78 is 5.19. The molecule has 0 aliphatic carbocycles. The first kappa shape index (κ1) is 15.4. The van der Waals surface area contributed by atoms with Gasteiger partial charge in [0.05, 0.1) is 12.8 Å². The smallest absolute Gasteiger partial charge is 0.317 e. The molecule has 2 N–H and O–H groups in total. The third-order valence-corrected chi connectivity index (χ3v) is 3.71. The second kappa shape index (κ2) is 7.71. The predicted molar refractivity (Wildman–Crippen MR) is 78.5 cm³/mol. The number of urea groups is 1. The quantitative estimate of drug-likeness (QED) is 0.868. The molecule has 0 radical (unpaired) electrons. The molecule has 6 heteroatoms. The molecule has 1 aromatic rings. The van der Waals surface area contributed by atoms with E-state index in [9.17, 15) is 9.59 Å². The predicted octanol–water partition coefficient (Wildman–Crippen LogP) is 1.73. The first-order chi connectivity index (χ1) is 10.2. The fourth-order valence-electron chi connectivity index (χ4n) is 2.49. The maximum Gasteiger partial charge on any atom is 0.317 e. The summed E-state index contributed by atoms with van der Waals surface area (Å²) in [5, 5.41) is 5.76. The van der Waals surface area contributed by atoms with E-state index >= 15 is 0 Å². The Morgan fingerprint density at radius 3 is 3.00 bits per heavy atom. The van der Waals surface area contributed by atoms with E-state index in [0.29, 0.717) is 32.0 Å². The molecule has 1 aromatic heterocycles. The number of amides is 3. The minimum Gasteiger partial charge on any atom is -0.467 e. The maximum absolute atomic E-state index is 12.1. The lowest BCUT2D eigenvalue weighted by Gasteiger charge is -2.32. The average Bonchev–Trinajstić information content (AvgIpc) is 3.04. The largest absolute Gasteiger partial charge is 0.467 e. The van der Waals surface area contributed by atoms with Gasteiger partial charge in [-0.05, 0) is 30.9 Å². The van der Waals surface area contributed by atoms with Gasteiger partial charge in [-0.25, -0.2) is 4.79 Å². The fourth-order valence-corrected chi connectivity index (χ4v) is 2.49. The van der Waals surface area contributed by atoms with Crippen LogP contribution in [0.2, 0.25) is 0 Å². The highest BCUT2D eigenvalue weighted by Gasteiger charge is 2.23. The van der Waals surface area contributed by atoms with Gasteiger partial charge in [0.25, 0.3) is 0 Å². The van der Waals surface area contributed by atoms with Crippen LogP contribution in [0.3, 0.4) is 0 Å². The van der Waals surface area contributed by atoms with Crippen LogP contribution in [0.15, 0.2) is 22.8 Å². The minimum absolute atomic E-state index is 0.0643. The lowest BCUT2D eigenvalue weighted by molar-refractivity contribution is -0.121. The Balaban J connectivity index is 1.74. The monoisotopic (exact) mass is 293 g/mol. The van der Waals surface area contributed by atoms with Gasteiger partial charge in [0, 0.05) is 26.1 Å². The number of nitrogens with one attached hydrogen (secondary N) is 2. The van der Waals surface area contributed by atoms with Crippen molar-refractivity contribution in [2.24, 2.45) is 5.92 Å². The van der Waals surface area contributed by atoms with Gasteiger partial charge >= 0.3 is 6.03 Å². The van der Waals surface area contributed by atoms with Crippen molar-refractivity contribution in [2.45, 2.75) is 32.7 Å². The molecule has 1 aliphatic rings. The molecule has 1 atom stereocenters. The summed E-state index contributed by atoms with van der Waals surface area (Å²) in [5.74, 6) is 1.14. The molecule has 0 saturated carbocycles. The summed E-state index contributed by atoms with van der Waals surface area (Å²) in [4.78, 5) is 25.2. The Hall–Kier alpha value is -1.98. The van der Waals surface area contributed by atoms with Crippen LogP contribution in [-0.4, -0.2) is 36.5 Å². The van der Waals surface area contributed by atoms with Crippen molar-refractivity contribution < 1.29 is 14.0 Å². The molecule has 0 spiro atoms. The van der Waals surface area contributed by atoms with Gasteiger partial charge in [0.15, 0.2) is 0 Å². The first-order valence-corrected chi connectivity index (χ1v) is 7.51. The molecule has 0 aromatic carbocycles. The molecule has 2 heterocycles. The maximum atomic E-state index is 12.1. The van der Waals surface area contributed by atoms with E-state index in [1.54, 1.807) is 12.3 Å². The zero-order valence-electron chi connectivity index (χ0n) is 12.4. The van der Waals surface area contributed by atoms with Gasteiger partial charge in [-0.15, -0.1) is 0 Å². The van der Waals surface area contributed by atoms with Crippen LogP contribution < -0.4 is 10.6 Å². The molecule has 1 unspecified atom stereocenters. The van der Waals surface area contributed by atoms with Gasteiger partial charge in [-0.1, -0.05) is 6.92 Å². The van der Waals surface area contributed by atoms with Gasteiger partial charge in [0.1, 0.15) is 5.76 Å². The number of furan rings is 1. The summed E-state index contributed by atoms with van der Waals surface area (Å²) in [6, 6.07) is 3.56. The van der Waals surface area contributed by atoms with E-state index < -0.39 is 0 Å². The number of carbonyl (C=O) groups is 2. The molecule has 1 fully saturated rings. The molecule has 2 rings (SSSR count). The summed E-state index contributed by atoms with van der Waals surface area (Å²) >= 11 is 0. The van der Waals surface area contributed by atoms with Crippen LogP contribution in [0.4, 0.5) is 4.79 Å². The lowest BCUT2D eigenvalue weighted by atomic mass is 9.98. The minimum atomic E-state index is -0.0714. The van der Waals surface area contributed by atoms with Crippen molar-refractivity contribution in [3.63, 3.8) is 0 Å². The topological polar surface area (TPSA) is 74.6 Å². The highest BCUT2D eigenvalue weighted by atomic mass is 16.3. The zero-order chi connectivity index (χ0) is 15.1. The Morgan fingerprint density at radius 2 is 2.29 bits per heavy atom. The van der Waals surface area contributed by atoms with Crippen molar-refractivity contribution in [3.8, 4) is 0 Å². The van der Waals surface area contributed by atoms with Crippen LogP contribution in [0.5, 0.6) is 0 Å². The summed E-state index contributed by atoms with van der Waals surface area (Å²) in [5.41, 5.74) is 0. The van der Waals surface area contributed by atoms with Crippen molar-refractivity contribution in [1.82, 2.24) is 15.5 Å². The van der Waals surface area contributed by atoms with E-state index in [1.807, 2.05) is 17.9 Å². The zero-order valence-corrected chi connectivity index (χ0v) is 12.4. The van der Waals surface area contributed by atoms with E-state index in [4.69, 9.17) is 4.42 Å². The van der Waals surface area contributed by atoms with Crippen molar-refractivity contribution >= 4 is 11.9 Å². The molecule has 1 saturated heterocycles. The number of likely N-dealkylation sites (tertiary alicyclic amines) is 1. The summed E-state index contributed by atoms with van der Waals surface area (Å²) in [6.45, 7) is 4.34. The molecule has 3 amide bonds. The van der Waals surface area contributed by atoms with E-state index in [-0.39, 0.29) is 11.9 Å². The van der Waals surface area contributed by atoms with Crippen molar-refractivity contribution in [2.75, 3.05) is 19.6 Å². The van der Waals surface area contributed by atoms with E-state index in [2.05, 4.69) is 10.6 Å². The number of hydrogen-bond acceptors (Lipinski definition) is 3. The SMILES string of the molecule is CCC(=O)NCC1CCCN(C(=O)NCc2ccco2)C1. The Kier molecular flexibility index (Phi) is 5.66. The van der Waals surface area contributed by atoms with E-state index in [0.717, 1.165) is 25.1 Å². The van der Waals surface area contributed by atoms with Crippen LogP contribution in [0.1, 0.15) is 31.9 Å². The van der Waals surface area contributed by atoms with Crippen LogP contribution in [0.25, 0.3) is 0 Å². The van der Waals surface area contributed by atoms with Gasteiger partial charge in [-0.3, -0.25) is 4.79 Å². The first-order valence-electron chi connectivity index (χ1n) is 7.51. The number of piperidine rings is 1. The Morgan fingerprint density at radius 1 is 1.43 bits per heavy atom. The van der Waals surface area contributed by atoms with Gasteiger partial charge < -0.3 is 20.0 Å². The third-order valence-electron chi connectivity index (χ3n) is 3.71. The van der Waals surface area contributed by atoms with Crippen molar-refractivity contribution in [3.05, 3.63) is 24.2 Å². The number of carbonyl (C=O) groups excluding carboxylic acids is 2. The molecular weight excluding hydrogens is 270 g/mol. The molecule has 21 heavy (non-hydrogen) atoms. The van der Waals surface area contributed by atoms with Crippen LogP contribution in [0, 0.1) is 5.92 Å². The normalized spacial score (nSPS) is 18.3. The van der Waals surface area contributed by atoms with Gasteiger partial charge in [0.2, 0.25) is 5.91 Å². The van der Waals surface area contributed by atoms with Crippen molar-refractivity contribution in [1.29, 1.82) is 0 Å². The number of nitrogens with zero attached hydrogens (tertiary/aromatic N) is 1. The second-order valence-electron chi connectivity index (χ2n) is 5.35. The van der Waals surface area contributed by atoms with Gasteiger partial charge in [-0.2, -0.15) is 0 Å². The molecule has 1 aliphatic heterocycles. The molecule has 0 bridgehead atoms. The fraction of sp³-hybridized carbons (Fsp3) is 0.600. The third kappa shape index (κ3) is 4.81. The number of rotatable bonds is 5. The highest BCUT2D eigenvalue weighted by Crippen LogP contribution is 2.16. The second-order valence-corrected chi connectivity index (χ2v) is 5.35. The summed E-state index contributed by atoms with van der Waals surface area (Å²) in [7, 11) is 0. The Labute approximate surface area is 124 Å². The Bertz CT molecular complexity index is 459. The average molecular weight is 293 g/mol. The van der Waals surface area contributed by atoms with Crippen LogP contribution >= 0.6 is 0 Å². The standard InChI is InChI=1S/C15H23N3O3/c1-2-14(19)16-9-12-5-3-7-18(11-12)15(20)17-10-13-6-4-8-21-13/h4,6,8,12H,2-3,5,7,9-11H2,1H3,(H,16,19)(H,17,20). The summed E-state index contributed by atoms with van der Waals surface area (Å²) in [6.07, 6.45) is 4.11. The number of hydrogen-bond donors (Lipinski definition) is 2. The molecule has 116 valence electrons.